The Morgan fingerprint density at radius 1 is 1.25 bits per heavy atom. The van der Waals surface area contributed by atoms with Crippen LogP contribution in [0.2, 0.25) is 0 Å². The standard InChI is InChI=1S/C12H17Br2NO/c1-7(2)6-15-8(3)10-4-9(13)5-11(14)12(10)16/h4-5,7-8,15-16H,6H2,1-3H3. The summed E-state index contributed by atoms with van der Waals surface area (Å²) < 4.78 is 1.68. The van der Waals surface area contributed by atoms with Crippen molar-refractivity contribution >= 4 is 31.9 Å². The molecule has 1 aromatic carbocycles. The van der Waals surface area contributed by atoms with Gasteiger partial charge in [0.1, 0.15) is 5.75 Å². The van der Waals surface area contributed by atoms with Crippen molar-refractivity contribution in [2.75, 3.05) is 6.54 Å². The molecule has 1 atom stereocenters. The van der Waals surface area contributed by atoms with Gasteiger partial charge in [-0.2, -0.15) is 0 Å². The van der Waals surface area contributed by atoms with Gasteiger partial charge in [0.2, 0.25) is 0 Å². The molecule has 0 heterocycles. The lowest BCUT2D eigenvalue weighted by Gasteiger charge is -2.18. The third-order valence-corrected chi connectivity index (χ3v) is 3.42. The molecule has 1 rings (SSSR count). The molecule has 0 fully saturated rings. The molecule has 2 N–H and O–H groups in total. The third-order valence-electron chi connectivity index (χ3n) is 2.36. The average Bonchev–Trinajstić information content (AvgIpc) is 2.19. The molecule has 0 aromatic heterocycles. The van der Waals surface area contributed by atoms with Gasteiger partial charge in [-0.05, 0) is 47.4 Å². The summed E-state index contributed by atoms with van der Waals surface area (Å²) in [5.74, 6) is 0.909. The summed E-state index contributed by atoms with van der Waals surface area (Å²) >= 11 is 6.76. The van der Waals surface area contributed by atoms with Crippen molar-refractivity contribution < 1.29 is 5.11 Å². The van der Waals surface area contributed by atoms with E-state index < -0.39 is 0 Å². The fraction of sp³-hybridized carbons (Fsp3) is 0.500. The van der Waals surface area contributed by atoms with Gasteiger partial charge in [0.25, 0.3) is 0 Å². The molecular formula is C12H17Br2NO. The van der Waals surface area contributed by atoms with Crippen LogP contribution >= 0.6 is 31.9 Å². The van der Waals surface area contributed by atoms with E-state index >= 15 is 0 Å². The van der Waals surface area contributed by atoms with Crippen molar-refractivity contribution in [1.82, 2.24) is 5.32 Å². The second-order valence-corrected chi connectivity index (χ2v) is 6.12. The predicted molar refractivity (Wildman–Crippen MR) is 74.8 cm³/mol. The highest BCUT2D eigenvalue weighted by Gasteiger charge is 2.13. The summed E-state index contributed by atoms with van der Waals surface area (Å²) in [5, 5.41) is 13.3. The molecule has 1 aromatic rings. The van der Waals surface area contributed by atoms with Crippen LogP contribution in [0.5, 0.6) is 5.75 Å². The fourth-order valence-electron chi connectivity index (χ4n) is 1.44. The normalized spacial score (nSPS) is 13.1. The zero-order valence-electron chi connectivity index (χ0n) is 9.72. The monoisotopic (exact) mass is 349 g/mol. The Labute approximate surface area is 114 Å². The minimum absolute atomic E-state index is 0.135. The lowest BCUT2D eigenvalue weighted by atomic mass is 10.1. The van der Waals surface area contributed by atoms with Gasteiger partial charge < -0.3 is 10.4 Å². The first-order valence-electron chi connectivity index (χ1n) is 5.33. The molecule has 0 aliphatic heterocycles. The second kappa shape index (κ2) is 6.03. The van der Waals surface area contributed by atoms with Gasteiger partial charge in [0, 0.05) is 16.1 Å². The molecule has 0 bridgehead atoms. The van der Waals surface area contributed by atoms with Crippen LogP contribution in [0.25, 0.3) is 0 Å². The summed E-state index contributed by atoms with van der Waals surface area (Å²) in [4.78, 5) is 0. The second-order valence-electron chi connectivity index (χ2n) is 4.35. The molecule has 4 heteroatoms. The first-order valence-corrected chi connectivity index (χ1v) is 6.91. The molecule has 0 saturated carbocycles. The maximum Gasteiger partial charge on any atom is 0.134 e. The molecule has 16 heavy (non-hydrogen) atoms. The molecule has 1 unspecified atom stereocenters. The summed E-state index contributed by atoms with van der Waals surface area (Å²) in [7, 11) is 0. The van der Waals surface area contributed by atoms with Crippen LogP contribution in [-0.4, -0.2) is 11.7 Å². The highest BCUT2D eigenvalue weighted by molar-refractivity contribution is 9.11. The van der Waals surface area contributed by atoms with Crippen LogP contribution in [0.4, 0.5) is 0 Å². The van der Waals surface area contributed by atoms with Crippen LogP contribution < -0.4 is 5.32 Å². The van der Waals surface area contributed by atoms with Crippen molar-refractivity contribution in [2.24, 2.45) is 5.92 Å². The first kappa shape index (κ1) is 14.0. The molecule has 0 saturated heterocycles. The van der Waals surface area contributed by atoms with E-state index in [2.05, 4.69) is 57.9 Å². The quantitative estimate of drug-likeness (QED) is 0.851. The molecule has 0 spiro atoms. The van der Waals surface area contributed by atoms with Gasteiger partial charge in [-0.25, -0.2) is 0 Å². The van der Waals surface area contributed by atoms with Crippen LogP contribution in [0.1, 0.15) is 32.4 Å². The Balaban J connectivity index is 2.86. The molecule has 0 radical (unpaired) electrons. The van der Waals surface area contributed by atoms with E-state index in [1.54, 1.807) is 0 Å². The number of aromatic hydroxyl groups is 1. The van der Waals surface area contributed by atoms with Gasteiger partial charge in [-0.3, -0.25) is 0 Å². The highest BCUT2D eigenvalue weighted by atomic mass is 79.9. The molecular weight excluding hydrogens is 334 g/mol. The number of nitrogens with one attached hydrogen (secondary N) is 1. The zero-order chi connectivity index (χ0) is 12.3. The Bertz CT molecular complexity index is 366. The van der Waals surface area contributed by atoms with Crippen molar-refractivity contribution in [1.29, 1.82) is 0 Å². The van der Waals surface area contributed by atoms with Crippen LogP contribution in [-0.2, 0) is 0 Å². The van der Waals surface area contributed by atoms with Crippen molar-refractivity contribution in [3.05, 3.63) is 26.6 Å². The van der Waals surface area contributed by atoms with Gasteiger partial charge in [0.15, 0.2) is 0 Å². The summed E-state index contributed by atoms with van der Waals surface area (Å²) in [6.07, 6.45) is 0. The minimum atomic E-state index is 0.135. The van der Waals surface area contributed by atoms with E-state index in [-0.39, 0.29) is 6.04 Å². The maximum atomic E-state index is 9.95. The number of halogens is 2. The van der Waals surface area contributed by atoms with Gasteiger partial charge >= 0.3 is 0 Å². The number of phenolic OH excluding ortho intramolecular Hbond substituents is 1. The number of hydrogen-bond donors (Lipinski definition) is 2. The summed E-state index contributed by atoms with van der Waals surface area (Å²) in [6, 6.07) is 3.92. The molecule has 2 nitrogen and oxygen atoms in total. The van der Waals surface area contributed by atoms with E-state index in [4.69, 9.17) is 0 Å². The van der Waals surface area contributed by atoms with E-state index in [1.807, 2.05) is 12.1 Å². The largest absolute Gasteiger partial charge is 0.506 e. The zero-order valence-corrected chi connectivity index (χ0v) is 12.9. The topological polar surface area (TPSA) is 32.3 Å². The first-order chi connectivity index (χ1) is 7.41. The van der Waals surface area contributed by atoms with E-state index in [0.29, 0.717) is 11.7 Å². The number of benzene rings is 1. The fourth-order valence-corrected chi connectivity index (χ4v) is 2.70. The smallest absolute Gasteiger partial charge is 0.134 e. The SMILES string of the molecule is CC(C)CNC(C)c1cc(Br)cc(Br)c1O. The average molecular weight is 351 g/mol. The Morgan fingerprint density at radius 2 is 1.88 bits per heavy atom. The van der Waals surface area contributed by atoms with Gasteiger partial charge in [-0.1, -0.05) is 29.8 Å². The van der Waals surface area contributed by atoms with Gasteiger partial charge in [-0.15, -0.1) is 0 Å². The lowest BCUT2D eigenvalue weighted by molar-refractivity contribution is 0.439. The molecule has 90 valence electrons. The summed E-state index contributed by atoms with van der Waals surface area (Å²) in [6.45, 7) is 7.31. The minimum Gasteiger partial charge on any atom is -0.506 e. The lowest BCUT2D eigenvalue weighted by Crippen LogP contribution is -2.23. The van der Waals surface area contributed by atoms with E-state index in [0.717, 1.165) is 21.1 Å². The van der Waals surface area contributed by atoms with Gasteiger partial charge in [0.05, 0.1) is 4.47 Å². The maximum absolute atomic E-state index is 9.95. The number of phenols is 1. The van der Waals surface area contributed by atoms with E-state index in [9.17, 15) is 5.11 Å². The molecule has 0 aliphatic carbocycles. The number of hydrogen-bond acceptors (Lipinski definition) is 2. The van der Waals surface area contributed by atoms with E-state index in [1.165, 1.54) is 0 Å². The Kier molecular flexibility index (Phi) is 5.28. The summed E-state index contributed by atoms with van der Waals surface area (Å²) in [5.41, 5.74) is 0.905. The Morgan fingerprint density at radius 3 is 2.44 bits per heavy atom. The van der Waals surface area contributed by atoms with Crippen molar-refractivity contribution in [3.8, 4) is 5.75 Å². The number of rotatable bonds is 4. The van der Waals surface area contributed by atoms with Crippen molar-refractivity contribution in [3.63, 3.8) is 0 Å². The molecule has 0 aliphatic rings. The van der Waals surface area contributed by atoms with Crippen LogP contribution in [0, 0.1) is 5.92 Å². The Hall–Kier alpha value is -0.0600. The highest BCUT2D eigenvalue weighted by Crippen LogP contribution is 2.35. The van der Waals surface area contributed by atoms with Crippen LogP contribution in [0.15, 0.2) is 21.1 Å². The third kappa shape index (κ3) is 3.75. The van der Waals surface area contributed by atoms with Crippen molar-refractivity contribution in [2.45, 2.75) is 26.8 Å². The predicted octanol–water partition coefficient (Wildman–Crippen LogP) is 4.22. The molecule has 0 amide bonds. The van der Waals surface area contributed by atoms with Crippen LogP contribution in [0.3, 0.4) is 0 Å².